The predicted molar refractivity (Wildman–Crippen MR) is 75.2 cm³/mol. The molecule has 1 aromatic rings. The van der Waals surface area contributed by atoms with Gasteiger partial charge in [-0.2, -0.15) is 0 Å². The number of sulfonamides is 1. The number of aryl methyl sites for hydroxylation is 1. The number of hydrogen-bond acceptors (Lipinski definition) is 3. The van der Waals surface area contributed by atoms with Crippen LogP contribution in [0.25, 0.3) is 0 Å². The van der Waals surface area contributed by atoms with Gasteiger partial charge in [-0.25, -0.2) is 13.1 Å². The Morgan fingerprint density at radius 1 is 1.37 bits per heavy atom. The molecular weight excluding hydrogens is 262 g/mol. The zero-order valence-corrected chi connectivity index (χ0v) is 12.0. The van der Waals surface area contributed by atoms with Gasteiger partial charge >= 0.3 is 0 Å². The van der Waals surface area contributed by atoms with E-state index in [1.165, 1.54) is 6.07 Å². The van der Waals surface area contributed by atoms with Crippen molar-refractivity contribution in [3.05, 3.63) is 29.3 Å². The van der Waals surface area contributed by atoms with Gasteiger partial charge in [0.2, 0.25) is 10.0 Å². The summed E-state index contributed by atoms with van der Waals surface area (Å²) < 4.78 is 26.6. The van der Waals surface area contributed by atoms with Gasteiger partial charge in [-0.05, 0) is 37.1 Å². The van der Waals surface area contributed by atoms with Crippen molar-refractivity contribution in [2.45, 2.75) is 31.6 Å². The fraction of sp³-hybridized carbons (Fsp3) is 0.429. The summed E-state index contributed by atoms with van der Waals surface area (Å²) in [5.74, 6) is 5.32. The lowest BCUT2D eigenvalue weighted by molar-refractivity contribution is 0.350. The molecule has 0 aliphatic rings. The molecule has 1 aromatic carbocycles. The summed E-state index contributed by atoms with van der Waals surface area (Å²) >= 11 is 0. The minimum absolute atomic E-state index is 0.210. The van der Waals surface area contributed by atoms with Crippen molar-refractivity contribution in [1.82, 2.24) is 4.72 Å². The summed E-state index contributed by atoms with van der Waals surface area (Å²) in [7, 11) is -3.44. The van der Waals surface area contributed by atoms with Gasteiger partial charge in [-0.3, -0.25) is 0 Å². The number of aliphatic hydroxyl groups excluding tert-OH is 1. The molecule has 0 spiro atoms. The van der Waals surface area contributed by atoms with Gasteiger partial charge in [0.15, 0.2) is 0 Å². The van der Waals surface area contributed by atoms with Gasteiger partial charge in [0, 0.05) is 12.1 Å². The maximum absolute atomic E-state index is 12.0. The maximum atomic E-state index is 12.0. The van der Waals surface area contributed by atoms with Crippen molar-refractivity contribution in [1.29, 1.82) is 0 Å². The molecule has 104 valence electrons. The van der Waals surface area contributed by atoms with Crippen LogP contribution in [0.3, 0.4) is 0 Å². The zero-order chi connectivity index (χ0) is 14.3. The summed E-state index contributed by atoms with van der Waals surface area (Å²) in [5, 5.41) is 8.64. The Labute approximate surface area is 114 Å². The van der Waals surface area contributed by atoms with E-state index in [0.717, 1.165) is 24.0 Å². The molecule has 1 rings (SSSR count). The molecule has 0 aliphatic heterocycles. The van der Waals surface area contributed by atoms with Crippen molar-refractivity contribution in [3.63, 3.8) is 0 Å². The second-order valence-electron chi connectivity index (χ2n) is 4.19. The molecule has 0 atom stereocenters. The molecule has 0 aliphatic carbocycles. The third-order valence-corrected chi connectivity index (χ3v) is 4.09. The fourth-order valence-corrected chi connectivity index (χ4v) is 2.70. The number of rotatable bonds is 5. The summed E-state index contributed by atoms with van der Waals surface area (Å²) in [6.45, 7) is 4.04. The van der Waals surface area contributed by atoms with E-state index in [0.29, 0.717) is 6.54 Å². The molecule has 2 N–H and O–H groups in total. The van der Waals surface area contributed by atoms with Gasteiger partial charge in [0.25, 0.3) is 0 Å². The van der Waals surface area contributed by atoms with E-state index in [-0.39, 0.29) is 11.5 Å². The predicted octanol–water partition coefficient (Wildman–Crippen LogP) is 1.42. The average molecular weight is 281 g/mol. The van der Waals surface area contributed by atoms with E-state index in [4.69, 9.17) is 5.11 Å². The SMILES string of the molecule is CCCCNS(=O)(=O)c1ccc(C#CCO)c(C)c1. The van der Waals surface area contributed by atoms with Crippen molar-refractivity contribution >= 4 is 10.0 Å². The van der Waals surface area contributed by atoms with Crippen molar-refractivity contribution in [2.75, 3.05) is 13.2 Å². The van der Waals surface area contributed by atoms with E-state index < -0.39 is 10.0 Å². The quantitative estimate of drug-likeness (QED) is 0.633. The summed E-state index contributed by atoms with van der Waals surface area (Å²) in [4.78, 5) is 0.246. The van der Waals surface area contributed by atoms with Crippen LogP contribution in [-0.2, 0) is 10.0 Å². The lowest BCUT2D eigenvalue weighted by atomic mass is 10.1. The molecule has 0 unspecified atom stereocenters. The first-order valence-corrected chi connectivity index (χ1v) is 7.69. The van der Waals surface area contributed by atoms with Gasteiger partial charge in [-0.1, -0.05) is 25.2 Å². The monoisotopic (exact) mass is 281 g/mol. The van der Waals surface area contributed by atoms with Gasteiger partial charge < -0.3 is 5.11 Å². The van der Waals surface area contributed by atoms with Crippen LogP contribution in [0.5, 0.6) is 0 Å². The van der Waals surface area contributed by atoms with E-state index in [2.05, 4.69) is 16.6 Å². The molecule has 5 heteroatoms. The van der Waals surface area contributed by atoms with Crippen molar-refractivity contribution in [2.24, 2.45) is 0 Å². The number of aliphatic hydroxyl groups is 1. The second-order valence-corrected chi connectivity index (χ2v) is 5.95. The van der Waals surface area contributed by atoms with Gasteiger partial charge in [0.1, 0.15) is 6.61 Å². The molecule has 0 aromatic heterocycles. The number of hydrogen-bond donors (Lipinski definition) is 2. The van der Waals surface area contributed by atoms with Crippen molar-refractivity contribution in [3.8, 4) is 11.8 Å². The van der Waals surface area contributed by atoms with Gasteiger partial charge in [0.05, 0.1) is 4.90 Å². The smallest absolute Gasteiger partial charge is 0.240 e. The Morgan fingerprint density at radius 3 is 2.68 bits per heavy atom. The fourth-order valence-electron chi connectivity index (χ4n) is 1.54. The Morgan fingerprint density at radius 2 is 2.11 bits per heavy atom. The minimum Gasteiger partial charge on any atom is -0.384 e. The van der Waals surface area contributed by atoms with Crippen LogP contribution in [-0.4, -0.2) is 26.7 Å². The zero-order valence-electron chi connectivity index (χ0n) is 11.2. The molecule has 19 heavy (non-hydrogen) atoms. The van der Waals surface area contributed by atoms with E-state index >= 15 is 0 Å². The molecule has 0 saturated carbocycles. The Balaban J connectivity index is 2.94. The lowest BCUT2D eigenvalue weighted by Crippen LogP contribution is -2.24. The summed E-state index contributed by atoms with van der Waals surface area (Å²) in [6.07, 6.45) is 1.76. The Bertz CT molecular complexity index is 582. The first-order valence-electron chi connectivity index (χ1n) is 6.21. The second kappa shape index (κ2) is 7.29. The highest BCUT2D eigenvalue weighted by Gasteiger charge is 2.13. The highest BCUT2D eigenvalue weighted by atomic mass is 32.2. The first kappa shape index (κ1) is 15.7. The molecule has 0 amide bonds. The number of unbranched alkanes of at least 4 members (excludes halogenated alkanes) is 1. The maximum Gasteiger partial charge on any atom is 0.240 e. The summed E-state index contributed by atoms with van der Waals surface area (Å²) in [6, 6.07) is 4.78. The Kier molecular flexibility index (Phi) is 6.03. The third-order valence-electron chi connectivity index (χ3n) is 2.63. The summed E-state index contributed by atoms with van der Waals surface area (Å²) in [5.41, 5.74) is 1.50. The molecule has 0 fully saturated rings. The highest BCUT2D eigenvalue weighted by molar-refractivity contribution is 7.89. The number of nitrogens with one attached hydrogen (secondary N) is 1. The van der Waals surface area contributed by atoms with E-state index in [9.17, 15) is 8.42 Å². The lowest BCUT2D eigenvalue weighted by Gasteiger charge is -2.07. The Hall–Kier alpha value is -1.35. The molecule has 0 saturated heterocycles. The standard InChI is InChI=1S/C14H19NO3S/c1-3-4-9-15-19(17,18)14-8-7-13(6-5-10-16)12(2)11-14/h7-8,11,15-16H,3-4,9-10H2,1-2H3. The van der Waals surface area contributed by atoms with E-state index in [1.807, 2.05) is 6.92 Å². The van der Waals surface area contributed by atoms with Crippen LogP contribution in [0, 0.1) is 18.8 Å². The van der Waals surface area contributed by atoms with Crippen LogP contribution in [0.1, 0.15) is 30.9 Å². The van der Waals surface area contributed by atoms with Crippen LogP contribution in [0.15, 0.2) is 23.1 Å². The van der Waals surface area contributed by atoms with Crippen LogP contribution in [0.2, 0.25) is 0 Å². The van der Waals surface area contributed by atoms with Crippen molar-refractivity contribution < 1.29 is 13.5 Å². The molecule has 0 radical (unpaired) electrons. The normalized spacial score (nSPS) is 10.9. The molecule has 0 bridgehead atoms. The van der Waals surface area contributed by atoms with Gasteiger partial charge in [-0.15, -0.1) is 0 Å². The highest BCUT2D eigenvalue weighted by Crippen LogP contribution is 2.14. The molecular formula is C14H19NO3S. The average Bonchev–Trinajstić information content (AvgIpc) is 2.37. The topological polar surface area (TPSA) is 66.4 Å². The molecule has 0 heterocycles. The third kappa shape index (κ3) is 4.67. The van der Waals surface area contributed by atoms with Crippen LogP contribution >= 0.6 is 0 Å². The molecule has 4 nitrogen and oxygen atoms in total. The van der Waals surface area contributed by atoms with Crippen LogP contribution in [0.4, 0.5) is 0 Å². The number of benzene rings is 1. The minimum atomic E-state index is -3.44. The van der Waals surface area contributed by atoms with E-state index in [1.54, 1.807) is 19.1 Å². The van der Waals surface area contributed by atoms with Crippen LogP contribution < -0.4 is 4.72 Å². The first-order chi connectivity index (χ1) is 9.01. The largest absolute Gasteiger partial charge is 0.384 e.